The van der Waals surface area contributed by atoms with Crippen molar-refractivity contribution < 1.29 is 10.2 Å². The van der Waals surface area contributed by atoms with Crippen LogP contribution in [0.15, 0.2) is 54.7 Å². The van der Waals surface area contributed by atoms with E-state index in [-0.39, 0.29) is 11.6 Å². The Labute approximate surface area is 149 Å². The Balaban J connectivity index is 2.02. The van der Waals surface area contributed by atoms with Crippen LogP contribution in [0.2, 0.25) is 0 Å². The first-order valence-electron chi connectivity index (χ1n) is 10.2. The van der Waals surface area contributed by atoms with Gasteiger partial charge in [-0.2, -0.15) is 0 Å². The Bertz CT molecular complexity index is 938. The van der Waals surface area contributed by atoms with Crippen LogP contribution in [0.25, 0.3) is 10.9 Å². The number of aromatic amines is 1. The van der Waals surface area contributed by atoms with Crippen LogP contribution in [0.1, 0.15) is 30.5 Å². The fraction of sp³-hybridized carbons (Fsp3) is 0.333. The maximum Gasteiger partial charge on any atom is 0.129 e. The molecule has 1 aromatic heterocycles. The van der Waals surface area contributed by atoms with Gasteiger partial charge in [-0.1, -0.05) is 36.4 Å². The van der Waals surface area contributed by atoms with Gasteiger partial charge in [0, 0.05) is 35.1 Å². The second kappa shape index (κ2) is 7.54. The van der Waals surface area contributed by atoms with Gasteiger partial charge >= 0.3 is 0 Å². The molecule has 3 nitrogen and oxygen atoms in total. The number of nitrogens with one attached hydrogen (secondary N) is 1. The number of hydrogen-bond donors (Lipinski definition) is 1. The van der Waals surface area contributed by atoms with Gasteiger partial charge in [-0.3, -0.25) is 0 Å². The molecule has 3 aromatic rings. The number of aromatic nitrogens is 1. The summed E-state index contributed by atoms with van der Waals surface area (Å²) in [6.45, 7) is 1.84. The van der Waals surface area contributed by atoms with Crippen molar-refractivity contribution in [3.63, 3.8) is 0 Å². The van der Waals surface area contributed by atoms with Gasteiger partial charge in [0.25, 0.3) is 0 Å². The number of benzene rings is 2. The molecule has 24 heavy (non-hydrogen) atoms. The van der Waals surface area contributed by atoms with E-state index in [1.54, 1.807) is 19.3 Å². The van der Waals surface area contributed by atoms with Crippen LogP contribution in [0.3, 0.4) is 0 Å². The van der Waals surface area contributed by atoms with Gasteiger partial charge < -0.3 is 14.6 Å². The third-order valence-corrected chi connectivity index (χ3v) is 4.05. The average molecular weight is 326 g/mol. The van der Waals surface area contributed by atoms with Gasteiger partial charge in [0.15, 0.2) is 0 Å². The lowest BCUT2D eigenvalue weighted by atomic mass is 10.1. The first-order chi connectivity index (χ1) is 13.2. The van der Waals surface area contributed by atoms with Crippen LogP contribution < -0.4 is 4.74 Å². The molecule has 1 heterocycles. The van der Waals surface area contributed by atoms with Crippen LogP contribution >= 0.6 is 0 Å². The highest BCUT2D eigenvalue weighted by Crippen LogP contribution is 2.30. The molecular weight excluding hydrogens is 296 g/mol. The molecule has 1 N–H and O–H groups in total. The molecule has 0 aliphatic heterocycles. The van der Waals surface area contributed by atoms with E-state index in [0.717, 1.165) is 5.56 Å². The maximum atomic E-state index is 8.66. The van der Waals surface area contributed by atoms with E-state index in [0.29, 0.717) is 23.3 Å². The molecule has 2 aromatic carbocycles. The summed E-state index contributed by atoms with van der Waals surface area (Å²) >= 11 is 0. The van der Waals surface area contributed by atoms with Crippen LogP contribution in [0.4, 0.5) is 0 Å². The average Bonchev–Trinajstić information content (AvgIpc) is 3.11. The molecule has 0 saturated carbocycles. The third-order valence-electron chi connectivity index (χ3n) is 4.05. The molecule has 0 unspecified atom stereocenters. The molecule has 0 amide bonds. The molecule has 126 valence electrons. The molecule has 0 aliphatic carbocycles. The number of likely N-dealkylation sites (N-methyl/N-ethyl adjacent to an activating group) is 1. The second-order valence-electron chi connectivity index (χ2n) is 6.10. The standard InChI is InChI=1S/C21H26N2O/c1-16(2)23(3)13-12-18-14-22-19-10-7-11-20(21(18)19)24-15-17-8-5-4-6-9-17/h4-11,14,16,22H,12-13,15H2,1-3H3/i12D2,13D2. The normalized spacial score (nSPS) is 15.2. The fourth-order valence-corrected chi connectivity index (χ4v) is 2.38. The van der Waals surface area contributed by atoms with Gasteiger partial charge in [0.1, 0.15) is 12.4 Å². The zero-order chi connectivity index (χ0) is 20.5. The first-order valence-corrected chi connectivity index (χ1v) is 8.16. The quantitative estimate of drug-likeness (QED) is 0.685. The number of rotatable bonds is 7. The Morgan fingerprint density at radius 3 is 2.67 bits per heavy atom. The lowest BCUT2D eigenvalue weighted by Crippen LogP contribution is -2.28. The Morgan fingerprint density at radius 2 is 1.92 bits per heavy atom. The minimum atomic E-state index is -2.25. The van der Waals surface area contributed by atoms with Gasteiger partial charge in [-0.15, -0.1) is 0 Å². The summed E-state index contributed by atoms with van der Waals surface area (Å²) in [5.41, 5.74) is 1.98. The van der Waals surface area contributed by atoms with E-state index in [2.05, 4.69) is 4.98 Å². The van der Waals surface area contributed by atoms with Crippen LogP contribution in [-0.4, -0.2) is 29.5 Å². The van der Waals surface area contributed by atoms with Crippen LogP contribution in [-0.2, 0) is 13.0 Å². The summed E-state index contributed by atoms with van der Waals surface area (Å²) in [6, 6.07) is 15.1. The van der Waals surface area contributed by atoms with Crippen molar-refractivity contribution in [1.29, 1.82) is 0 Å². The highest BCUT2D eigenvalue weighted by atomic mass is 16.5. The molecule has 0 bridgehead atoms. The molecule has 3 rings (SSSR count). The van der Waals surface area contributed by atoms with E-state index in [1.165, 1.54) is 4.90 Å². The second-order valence-corrected chi connectivity index (χ2v) is 6.10. The highest BCUT2D eigenvalue weighted by Gasteiger charge is 2.11. The SMILES string of the molecule is [2H]C([2H])(c1c[nH]c2cccc(OCc3ccccc3)c12)C([2H])([2H])N(C)C(C)C. The molecule has 0 saturated heterocycles. The number of ether oxygens (including phenoxy) is 1. The largest absolute Gasteiger partial charge is 0.488 e. The molecule has 0 atom stereocenters. The zero-order valence-corrected chi connectivity index (χ0v) is 14.3. The van der Waals surface area contributed by atoms with Crippen molar-refractivity contribution in [2.75, 3.05) is 13.5 Å². The molecule has 0 aliphatic rings. The van der Waals surface area contributed by atoms with E-state index >= 15 is 0 Å². The number of H-pyrrole nitrogens is 1. The fourth-order valence-electron chi connectivity index (χ4n) is 2.38. The van der Waals surface area contributed by atoms with Crippen LogP contribution in [0.5, 0.6) is 5.75 Å². The Morgan fingerprint density at radius 1 is 1.12 bits per heavy atom. The molecule has 3 heteroatoms. The number of nitrogens with zero attached hydrogens (tertiary/aromatic N) is 1. The Hall–Kier alpha value is -2.26. The monoisotopic (exact) mass is 326 g/mol. The highest BCUT2D eigenvalue weighted by molar-refractivity contribution is 5.89. The van der Waals surface area contributed by atoms with E-state index in [9.17, 15) is 0 Å². The zero-order valence-electron chi connectivity index (χ0n) is 18.3. The summed E-state index contributed by atoms with van der Waals surface area (Å²) in [5, 5.41) is 0.574. The summed E-state index contributed by atoms with van der Waals surface area (Å²) < 4.78 is 40.3. The smallest absolute Gasteiger partial charge is 0.129 e. The van der Waals surface area contributed by atoms with Gasteiger partial charge in [0.05, 0.1) is 0 Å². The van der Waals surface area contributed by atoms with E-state index < -0.39 is 12.9 Å². The van der Waals surface area contributed by atoms with Crippen molar-refractivity contribution in [2.45, 2.75) is 32.9 Å². The minimum absolute atomic E-state index is 0.149. The summed E-state index contributed by atoms with van der Waals surface area (Å²) in [6.07, 6.45) is -0.706. The topological polar surface area (TPSA) is 28.3 Å². The molecule has 0 spiro atoms. The minimum Gasteiger partial charge on any atom is -0.488 e. The van der Waals surface area contributed by atoms with E-state index in [4.69, 9.17) is 10.2 Å². The van der Waals surface area contributed by atoms with E-state index in [1.807, 2.05) is 56.3 Å². The number of hydrogen-bond acceptors (Lipinski definition) is 2. The first kappa shape index (κ1) is 12.2. The van der Waals surface area contributed by atoms with Crippen LogP contribution in [0, 0.1) is 0 Å². The Kier molecular flexibility index (Phi) is 3.82. The van der Waals surface area contributed by atoms with Crippen molar-refractivity contribution in [3.05, 3.63) is 65.9 Å². The lowest BCUT2D eigenvalue weighted by Gasteiger charge is -2.20. The van der Waals surface area contributed by atoms with Crippen molar-refractivity contribution >= 4 is 10.9 Å². The number of fused-ring (bicyclic) bond motifs is 1. The molecule has 0 fully saturated rings. The molecular formula is C21H26N2O. The summed E-state index contributed by atoms with van der Waals surface area (Å²) in [5.74, 6) is 0.532. The molecule has 0 radical (unpaired) electrons. The predicted octanol–water partition coefficient (Wildman–Crippen LogP) is 4.63. The summed E-state index contributed by atoms with van der Waals surface area (Å²) in [7, 11) is 1.60. The lowest BCUT2D eigenvalue weighted by molar-refractivity contribution is 0.277. The van der Waals surface area contributed by atoms with Gasteiger partial charge in [-0.25, -0.2) is 0 Å². The predicted molar refractivity (Wildman–Crippen MR) is 101 cm³/mol. The third kappa shape index (κ3) is 3.80. The summed E-state index contributed by atoms with van der Waals surface area (Å²) in [4.78, 5) is 4.48. The maximum absolute atomic E-state index is 8.66. The van der Waals surface area contributed by atoms with Gasteiger partial charge in [-0.05, 0) is 50.5 Å². The van der Waals surface area contributed by atoms with Crippen molar-refractivity contribution in [2.24, 2.45) is 0 Å². The van der Waals surface area contributed by atoms with Gasteiger partial charge in [0.2, 0.25) is 0 Å². The number of aryl methyl sites for hydroxylation is 1. The van der Waals surface area contributed by atoms with Crippen molar-refractivity contribution in [3.8, 4) is 5.75 Å². The van der Waals surface area contributed by atoms with Crippen molar-refractivity contribution in [1.82, 2.24) is 9.88 Å².